The number of anilines is 1. The summed E-state index contributed by atoms with van der Waals surface area (Å²) in [5.41, 5.74) is 0.729. The molecular formula is C13H12ClNO3. The Morgan fingerprint density at radius 1 is 1.39 bits per heavy atom. The molecule has 18 heavy (non-hydrogen) atoms. The van der Waals surface area contributed by atoms with Gasteiger partial charge < -0.3 is 0 Å². The molecule has 0 aromatic heterocycles. The highest BCUT2D eigenvalue weighted by Crippen LogP contribution is 2.33. The van der Waals surface area contributed by atoms with Gasteiger partial charge in [-0.2, -0.15) is 0 Å². The third-order valence-electron chi connectivity index (χ3n) is 3.08. The lowest BCUT2D eigenvalue weighted by Gasteiger charge is -2.23. The molecule has 1 aromatic rings. The van der Waals surface area contributed by atoms with Crippen molar-refractivity contribution in [2.45, 2.75) is 26.3 Å². The molecule has 0 saturated carbocycles. The Labute approximate surface area is 110 Å². The molecule has 5 heteroatoms. The van der Waals surface area contributed by atoms with Crippen LogP contribution in [0.15, 0.2) is 18.2 Å². The number of benzene rings is 1. The minimum atomic E-state index is -0.665. The number of halogens is 1. The van der Waals surface area contributed by atoms with Gasteiger partial charge in [0.05, 0.1) is 17.3 Å². The fourth-order valence-electron chi connectivity index (χ4n) is 2.05. The second-order valence-electron chi connectivity index (χ2n) is 4.16. The average Bonchev–Trinajstić information content (AvgIpc) is 2.60. The van der Waals surface area contributed by atoms with E-state index in [0.717, 1.165) is 0 Å². The Hall–Kier alpha value is -1.68. The number of carbonyl (C=O) groups excluding carboxylic acids is 3. The molecule has 0 spiro atoms. The normalized spacial score (nSPS) is 15.8. The number of rotatable bonds is 3. The molecule has 1 aliphatic heterocycles. The Morgan fingerprint density at radius 3 is 2.67 bits per heavy atom. The molecular weight excluding hydrogens is 254 g/mol. The third-order valence-corrected chi connectivity index (χ3v) is 3.31. The van der Waals surface area contributed by atoms with E-state index < -0.39 is 17.7 Å². The topological polar surface area (TPSA) is 54.5 Å². The summed E-state index contributed by atoms with van der Waals surface area (Å²) in [4.78, 5) is 36.6. The van der Waals surface area contributed by atoms with Gasteiger partial charge in [-0.1, -0.05) is 18.5 Å². The number of nitrogens with zero attached hydrogens (tertiary/aromatic N) is 1. The van der Waals surface area contributed by atoms with Gasteiger partial charge in [-0.15, -0.1) is 0 Å². The quantitative estimate of drug-likeness (QED) is 0.788. The first-order valence-electron chi connectivity index (χ1n) is 5.67. The summed E-state index contributed by atoms with van der Waals surface area (Å²) < 4.78 is 0. The summed E-state index contributed by atoms with van der Waals surface area (Å²) in [6.07, 6.45) is 0.315. The van der Waals surface area contributed by atoms with Gasteiger partial charge in [-0.05, 0) is 25.1 Å². The van der Waals surface area contributed by atoms with Crippen molar-refractivity contribution in [1.82, 2.24) is 0 Å². The molecule has 2 rings (SSSR count). The molecule has 0 bridgehead atoms. The lowest BCUT2D eigenvalue weighted by molar-refractivity contribution is -0.122. The Kier molecular flexibility index (Phi) is 3.22. The molecule has 0 aliphatic carbocycles. The van der Waals surface area contributed by atoms with E-state index in [1.165, 1.54) is 11.0 Å². The van der Waals surface area contributed by atoms with Crippen LogP contribution in [0.25, 0.3) is 0 Å². The summed E-state index contributed by atoms with van der Waals surface area (Å²) in [5, 5.41) is 0.428. The summed E-state index contributed by atoms with van der Waals surface area (Å²) in [6, 6.07) is 3.97. The fourth-order valence-corrected chi connectivity index (χ4v) is 2.22. The second kappa shape index (κ2) is 4.53. The smallest absolute Gasteiger partial charge is 0.297 e. The molecule has 0 radical (unpaired) electrons. The minimum Gasteiger partial charge on any atom is -0.297 e. The van der Waals surface area contributed by atoms with Crippen LogP contribution in [-0.4, -0.2) is 23.5 Å². The summed E-state index contributed by atoms with van der Waals surface area (Å²) in [7, 11) is 0. The predicted octanol–water partition coefficient (Wildman–Crippen LogP) is 2.24. The Balaban J connectivity index is 2.51. The van der Waals surface area contributed by atoms with Gasteiger partial charge in [0.25, 0.3) is 11.7 Å². The number of Topliss-reactive ketones (excluding diaryl/α,β-unsaturated/α-hetero) is 2. The van der Waals surface area contributed by atoms with Crippen LogP contribution in [0.2, 0.25) is 5.02 Å². The molecule has 0 N–H and O–H groups in total. The first-order chi connectivity index (χ1) is 8.47. The highest BCUT2D eigenvalue weighted by molar-refractivity contribution is 6.53. The van der Waals surface area contributed by atoms with E-state index in [-0.39, 0.29) is 5.78 Å². The summed E-state index contributed by atoms with van der Waals surface area (Å²) in [6.45, 7) is 3.34. The number of hydrogen-bond donors (Lipinski definition) is 0. The van der Waals surface area contributed by atoms with Gasteiger partial charge in [0.1, 0.15) is 0 Å². The highest BCUT2D eigenvalue weighted by Gasteiger charge is 2.40. The van der Waals surface area contributed by atoms with Crippen molar-refractivity contribution in [3.8, 4) is 0 Å². The molecule has 1 aliphatic rings. The van der Waals surface area contributed by atoms with Gasteiger partial charge in [0.15, 0.2) is 5.78 Å². The zero-order valence-electron chi connectivity index (χ0n) is 10.1. The van der Waals surface area contributed by atoms with Crippen LogP contribution in [0.3, 0.4) is 0 Å². The van der Waals surface area contributed by atoms with Crippen LogP contribution >= 0.6 is 11.6 Å². The van der Waals surface area contributed by atoms with E-state index in [9.17, 15) is 14.4 Å². The van der Waals surface area contributed by atoms with Crippen LogP contribution in [0, 0.1) is 0 Å². The average molecular weight is 266 g/mol. The van der Waals surface area contributed by atoms with Crippen molar-refractivity contribution >= 4 is 34.8 Å². The number of hydrogen-bond acceptors (Lipinski definition) is 3. The zero-order chi connectivity index (χ0) is 13.4. The maximum absolute atomic E-state index is 11.9. The van der Waals surface area contributed by atoms with Gasteiger partial charge in [-0.3, -0.25) is 19.3 Å². The molecule has 0 fully saturated rings. The summed E-state index contributed by atoms with van der Waals surface area (Å²) >= 11 is 5.87. The van der Waals surface area contributed by atoms with Crippen LogP contribution < -0.4 is 4.90 Å². The van der Waals surface area contributed by atoms with Gasteiger partial charge in [0, 0.05) is 11.4 Å². The van der Waals surface area contributed by atoms with Crippen molar-refractivity contribution in [3.05, 3.63) is 28.8 Å². The molecule has 1 unspecified atom stereocenters. The van der Waals surface area contributed by atoms with Crippen LogP contribution in [0.1, 0.15) is 30.6 Å². The number of amides is 1. The minimum absolute atomic E-state index is 0.0935. The largest absolute Gasteiger partial charge is 0.300 e. The molecule has 4 nitrogen and oxygen atoms in total. The number of carbonyl (C=O) groups is 3. The van der Waals surface area contributed by atoms with Crippen molar-refractivity contribution < 1.29 is 14.4 Å². The van der Waals surface area contributed by atoms with E-state index in [1.807, 2.05) is 0 Å². The van der Waals surface area contributed by atoms with E-state index in [1.54, 1.807) is 26.0 Å². The van der Waals surface area contributed by atoms with E-state index in [2.05, 4.69) is 0 Å². The highest BCUT2D eigenvalue weighted by atomic mass is 35.5. The van der Waals surface area contributed by atoms with Crippen molar-refractivity contribution in [3.63, 3.8) is 0 Å². The van der Waals surface area contributed by atoms with Gasteiger partial charge in [-0.25, -0.2) is 0 Å². The molecule has 1 atom stereocenters. The third kappa shape index (κ3) is 1.82. The SMILES string of the molecule is CCC(=O)C(C)N1C(=O)C(=O)c2ccc(Cl)cc21. The van der Waals surface area contributed by atoms with Crippen molar-refractivity contribution in [1.29, 1.82) is 0 Å². The second-order valence-corrected chi connectivity index (χ2v) is 4.60. The molecule has 94 valence electrons. The number of fused-ring (bicyclic) bond motifs is 1. The lowest BCUT2D eigenvalue weighted by Crippen LogP contribution is -2.42. The molecule has 1 aromatic carbocycles. The van der Waals surface area contributed by atoms with Crippen molar-refractivity contribution in [2.75, 3.05) is 4.90 Å². The molecule has 0 saturated heterocycles. The molecule has 1 amide bonds. The van der Waals surface area contributed by atoms with Gasteiger partial charge in [0.2, 0.25) is 0 Å². The monoisotopic (exact) mass is 265 g/mol. The maximum atomic E-state index is 11.9. The maximum Gasteiger partial charge on any atom is 0.300 e. The predicted molar refractivity (Wildman–Crippen MR) is 68.0 cm³/mol. The van der Waals surface area contributed by atoms with Crippen LogP contribution in [0.5, 0.6) is 0 Å². The van der Waals surface area contributed by atoms with E-state index >= 15 is 0 Å². The first-order valence-corrected chi connectivity index (χ1v) is 6.05. The van der Waals surface area contributed by atoms with E-state index in [4.69, 9.17) is 11.6 Å². The Morgan fingerprint density at radius 2 is 2.06 bits per heavy atom. The van der Waals surface area contributed by atoms with Crippen LogP contribution in [0.4, 0.5) is 5.69 Å². The van der Waals surface area contributed by atoms with Crippen molar-refractivity contribution in [2.24, 2.45) is 0 Å². The fraction of sp³-hybridized carbons (Fsp3) is 0.308. The lowest BCUT2D eigenvalue weighted by atomic mass is 10.1. The van der Waals surface area contributed by atoms with Crippen LogP contribution in [-0.2, 0) is 9.59 Å². The first kappa shape index (κ1) is 12.8. The summed E-state index contributed by atoms with van der Waals surface area (Å²) in [5.74, 6) is -1.34. The molecule has 1 heterocycles. The zero-order valence-corrected chi connectivity index (χ0v) is 10.8. The Bertz CT molecular complexity index is 553. The van der Waals surface area contributed by atoms with Gasteiger partial charge >= 0.3 is 0 Å². The van der Waals surface area contributed by atoms with E-state index in [0.29, 0.717) is 22.7 Å². The standard InChI is InChI=1S/C13H12ClNO3/c1-3-11(16)7(2)15-10-6-8(14)4-5-9(10)12(17)13(15)18/h4-7H,3H2,1-2H3. The number of ketones is 2.